The molecule has 0 aliphatic rings. The zero-order valence-corrected chi connectivity index (χ0v) is 10.6. The van der Waals surface area contributed by atoms with Crippen LogP contribution in [0.2, 0.25) is 0 Å². The molecule has 98 valence electrons. The van der Waals surface area contributed by atoms with Gasteiger partial charge in [-0.1, -0.05) is 35.5 Å². The van der Waals surface area contributed by atoms with Crippen molar-refractivity contribution in [3.63, 3.8) is 0 Å². The van der Waals surface area contributed by atoms with Crippen molar-refractivity contribution in [2.75, 3.05) is 11.9 Å². The Morgan fingerprint density at radius 2 is 2.05 bits per heavy atom. The summed E-state index contributed by atoms with van der Waals surface area (Å²) in [7, 11) is 1.89. The minimum atomic E-state index is -0.0308. The Kier molecular flexibility index (Phi) is 3.92. The minimum absolute atomic E-state index is 0.0308. The predicted molar refractivity (Wildman–Crippen MR) is 73.1 cm³/mol. The van der Waals surface area contributed by atoms with Gasteiger partial charge in [-0.25, -0.2) is 9.97 Å². The van der Waals surface area contributed by atoms with E-state index in [1.807, 2.05) is 42.3 Å². The number of hydrogen-bond donors (Lipinski definition) is 2. The summed E-state index contributed by atoms with van der Waals surface area (Å²) in [5.41, 5.74) is 7.06. The van der Waals surface area contributed by atoms with Gasteiger partial charge < -0.3 is 15.8 Å². The van der Waals surface area contributed by atoms with Crippen LogP contribution in [-0.2, 0) is 6.54 Å². The molecule has 0 saturated heterocycles. The van der Waals surface area contributed by atoms with Crippen LogP contribution < -0.4 is 10.6 Å². The number of nitrogens with two attached hydrogens (primary N) is 1. The van der Waals surface area contributed by atoms with Gasteiger partial charge in [0.25, 0.3) is 0 Å². The molecule has 0 atom stereocenters. The molecule has 1 heterocycles. The molecule has 0 unspecified atom stereocenters. The lowest BCUT2D eigenvalue weighted by atomic mass is 10.2. The van der Waals surface area contributed by atoms with Crippen LogP contribution in [0.4, 0.5) is 5.95 Å². The van der Waals surface area contributed by atoms with Crippen LogP contribution in [0.3, 0.4) is 0 Å². The van der Waals surface area contributed by atoms with E-state index in [4.69, 9.17) is 10.9 Å². The van der Waals surface area contributed by atoms with Gasteiger partial charge in [-0.2, -0.15) is 0 Å². The maximum Gasteiger partial charge on any atom is 0.226 e. The largest absolute Gasteiger partial charge is 0.409 e. The number of aromatic nitrogens is 2. The summed E-state index contributed by atoms with van der Waals surface area (Å²) in [4.78, 5) is 10.3. The van der Waals surface area contributed by atoms with Crippen molar-refractivity contribution in [3.8, 4) is 0 Å². The number of anilines is 1. The Morgan fingerprint density at radius 3 is 2.74 bits per heavy atom. The number of amidine groups is 1. The molecule has 3 N–H and O–H groups in total. The summed E-state index contributed by atoms with van der Waals surface area (Å²) in [5.74, 6) is 0.490. The molecule has 2 rings (SSSR count). The molecule has 6 nitrogen and oxygen atoms in total. The molecule has 0 bridgehead atoms. The van der Waals surface area contributed by atoms with Crippen LogP contribution in [0.1, 0.15) is 11.3 Å². The van der Waals surface area contributed by atoms with Gasteiger partial charge in [0.2, 0.25) is 5.95 Å². The molecule has 0 amide bonds. The fourth-order valence-electron chi connectivity index (χ4n) is 1.65. The van der Waals surface area contributed by atoms with Gasteiger partial charge in [0.1, 0.15) is 5.69 Å². The van der Waals surface area contributed by atoms with E-state index < -0.39 is 0 Å². The summed E-state index contributed by atoms with van der Waals surface area (Å²) in [6, 6.07) is 11.6. The lowest BCUT2D eigenvalue weighted by Crippen LogP contribution is -2.22. The lowest BCUT2D eigenvalue weighted by molar-refractivity contribution is 0.318. The number of nitrogens with zero attached hydrogens (tertiary/aromatic N) is 4. The van der Waals surface area contributed by atoms with Crippen LogP contribution in [0, 0.1) is 0 Å². The van der Waals surface area contributed by atoms with E-state index >= 15 is 0 Å². The SMILES string of the molecule is CN(Cc1ccccc1)c1nccc(/C(N)=N/O)n1. The van der Waals surface area contributed by atoms with Crippen LogP contribution in [-0.4, -0.2) is 28.1 Å². The van der Waals surface area contributed by atoms with Gasteiger partial charge in [0, 0.05) is 19.8 Å². The van der Waals surface area contributed by atoms with Crippen molar-refractivity contribution in [2.24, 2.45) is 10.9 Å². The highest BCUT2D eigenvalue weighted by molar-refractivity contribution is 5.95. The molecule has 1 aromatic heterocycles. The summed E-state index contributed by atoms with van der Waals surface area (Å²) >= 11 is 0. The topological polar surface area (TPSA) is 87.6 Å². The molecule has 19 heavy (non-hydrogen) atoms. The Hall–Kier alpha value is -2.63. The van der Waals surface area contributed by atoms with E-state index in [2.05, 4.69) is 15.1 Å². The van der Waals surface area contributed by atoms with Crippen molar-refractivity contribution in [1.29, 1.82) is 0 Å². The molecule has 0 radical (unpaired) electrons. The van der Waals surface area contributed by atoms with E-state index in [-0.39, 0.29) is 5.84 Å². The third kappa shape index (κ3) is 3.19. The van der Waals surface area contributed by atoms with E-state index in [9.17, 15) is 0 Å². The van der Waals surface area contributed by atoms with E-state index in [1.54, 1.807) is 12.3 Å². The second-order valence-electron chi connectivity index (χ2n) is 4.07. The molecule has 0 saturated carbocycles. The summed E-state index contributed by atoms with van der Waals surface area (Å²) < 4.78 is 0. The van der Waals surface area contributed by atoms with Crippen LogP contribution in [0.15, 0.2) is 47.8 Å². The molecule has 0 aliphatic heterocycles. The highest BCUT2D eigenvalue weighted by Gasteiger charge is 2.08. The van der Waals surface area contributed by atoms with Crippen LogP contribution >= 0.6 is 0 Å². The monoisotopic (exact) mass is 257 g/mol. The number of rotatable bonds is 4. The van der Waals surface area contributed by atoms with Crippen molar-refractivity contribution in [2.45, 2.75) is 6.54 Å². The fourth-order valence-corrected chi connectivity index (χ4v) is 1.65. The smallest absolute Gasteiger partial charge is 0.226 e. The molecular weight excluding hydrogens is 242 g/mol. The first-order valence-corrected chi connectivity index (χ1v) is 5.76. The number of oxime groups is 1. The normalized spacial score (nSPS) is 11.3. The van der Waals surface area contributed by atoms with E-state index in [0.29, 0.717) is 18.2 Å². The van der Waals surface area contributed by atoms with E-state index in [0.717, 1.165) is 5.56 Å². The maximum atomic E-state index is 8.64. The molecule has 2 aromatic rings. The van der Waals surface area contributed by atoms with Crippen molar-refractivity contribution < 1.29 is 5.21 Å². The summed E-state index contributed by atoms with van der Waals surface area (Å²) in [6.45, 7) is 0.681. The fraction of sp³-hybridized carbons (Fsp3) is 0.154. The second kappa shape index (κ2) is 5.81. The first-order chi connectivity index (χ1) is 9.20. The summed E-state index contributed by atoms with van der Waals surface area (Å²) in [5, 5.41) is 11.6. The van der Waals surface area contributed by atoms with Gasteiger partial charge in [-0.15, -0.1) is 0 Å². The van der Waals surface area contributed by atoms with E-state index in [1.165, 1.54) is 0 Å². The Morgan fingerprint density at radius 1 is 1.32 bits per heavy atom. The van der Waals surface area contributed by atoms with Crippen LogP contribution in [0.5, 0.6) is 0 Å². The zero-order valence-electron chi connectivity index (χ0n) is 10.6. The molecule has 0 fully saturated rings. The Balaban J connectivity index is 2.17. The van der Waals surface area contributed by atoms with Gasteiger partial charge >= 0.3 is 0 Å². The minimum Gasteiger partial charge on any atom is -0.409 e. The molecule has 0 aliphatic carbocycles. The lowest BCUT2D eigenvalue weighted by Gasteiger charge is -2.17. The maximum absolute atomic E-state index is 8.64. The predicted octanol–water partition coefficient (Wildman–Crippen LogP) is 1.21. The zero-order chi connectivity index (χ0) is 13.7. The summed E-state index contributed by atoms with van der Waals surface area (Å²) in [6.07, 6.45) is 1.58. The molecule has 0 spiro atoms. The standard InChI is InChI=1S/C13H15N5O/c1-18(9-10-5-3-2-4-6-10)13-15-8-7-11(16-13)12(14)17-19/h2-8,19H,9H2,1H3,(H2,14,17). The van der Waals surface area contributed by atoms with Gasteiger partial charge in [0.05, 0.1) is 0 Å². The first-order valence-electron chi connectivity index (χ1n) is 5.76. The van der Waals surface area contributed by atoms with Crippen molar-refractivity contribution in [3.05, 3.63) is 53.9 Å². The first kappa shape index (κ1) is 12.8. The Labute approximate surface area is 111 Å². The van der Waals surface area contributed by atoms with Gasteiger partial charge in [-0.3, -0.25) is 0 Å². The molecule has 6 heteroatoms. The van der Waals surface area contributed by atoms with Gasteiger partial charge in [-0.05, 0) is 11.6 Å². The number of benzene rings is 1. The van der Waals surface area contributed by atoms with Crippen molar-refractivity contribution >= 4 is 11.8 Å². The van der Waals surface area contributed by atoms with Crippen molar-refractivity contribution in [1.82, 2.24) is 9.97 Å². The van der Waals surface area contributed by atoms with Gasteiger partial charge in [0.15, 0.2) is 5.84 Å². The third-order valence-corrected chi connectivity index (χ3v) is 2.62. The van der Waals surface area contributed by atoms with Crippen LogP contribution in [0.25, 0.3) is 0 Å². The average Bonchev–Trinajstić information content (AvgIpc) is 2.47. The average molecular weight is 257 g/mol. The molecular formula is C13H15N5O. The Bertz CT molecular complexity index is 570. The highest BCUT2D eigenvalue weighted by atomic mass is 16.4. The quantitative estimate of drug-likeness (QED) is 0.372. The molecule has 1 aromatic carbocycles. The highest BCUT2D eigenvalue weighted by Crippen LogP contribution is 2.10. The third-order valence-electron chi connectivity index (χ3n) is 2.62. The number of hydrogen-bond acceptors (Lipinski definition) is 5. The second-order valence-corrected chi connectivity index (χ2v) is 4.07.